The van der Waals surface area contributed by atoms with E-state index in [1.807, 2.05) is 37.3 Å². The Kier molecular flexibility index (Phi) is 7.13. The summed E-state index contributed by atoms with van der Waals surface area (Å²) in [6.07, 6.45) is 10.6. The zero-order valence-electron chi connectivity index (χ0n) is 16.4. The number of hydrogen-bond donors (Lipinski definition) is 2. The zero-order valence-corrected chi connectivity index (χ0v) is 16.4. The summed E-state index contributed by atoms with van der Waals surface area (Å²) in [7, 11) is 0. The highest BCUT2D eigenvalue weighted by Gasteiger charge is 2.38. The number of aliphatic hydroxyl groups excluding tert-OH is 1. The van der Waals surface area contributed by atoms with Crippen molar-refractivity contribution in [3.05, 3.63) is 47.2 Å². The fraction of sp³-hybridized carbons (Fsp3) is 0.522. The molecule has 0 aromatic heterocycles. The molecule has 150 valence electrons. The number of allylic oxidation sites excluding steroid dienone is 1. The third-order valence-corrected chi connectivity index (χ3v) is 5.35. The van der Waals surface area contributed by atoms with Crippen LogP contribution in [0.25, 0.3) is 0 Å². The number of carbonyl (C=O) groups is 1. The van der Waals surface area contributed by atoms with Crippen LogP contribution in [-0.2, 0) is 14.3 Å². The number of hydrogen-bond acceptors (Lipinski definition) is 4. The third-order valence-electron chi connectivity index (χ3n) is 5.35. The van der Waals surface area contributed by atoms with Crippen molar-refractivity contribution in [2.45, 2.75) is 44.8 Å². The molecule has 3 rings (SSSR count). The maximum atomic E-state index is 12.7. The van der Waals surface area contributed by atoms with Gasteiger partial charge in [0.15, 0.2) is 5.76 Å². The normalized spacial score (nSPS) is 24.0. The Bertz CT molecular complexity index is 730. The lowest BCUT2D eigenvalue weighted by Gasteiger charge is -2.37. The molecule has 1 fully saturated rings. The number of rotatable bonds is 9. The van der Waals surface area contributed by atoms with Crippen LogP contribution in [0.1, 0.15) is 49.7 Å². The Morgan fingerprint density at radius 3 is 2.71 bits per heavy atom. The second-order valence-electron chi connectivity index (χ2n) is 7.45. The van der Waals surface area contributed by atoms with Gasteiger partial charge in [-0.25, -0.2) is 0 Å². The minimum absolute atomic E-state index is 0.00349. The Morgan fingerprint density at radius 1 is 1.36 bits per heavy atom. The van der Waals surface area contributed by atoms with Crippen molar-refractivity contribution in [1.82, 2.24) is 5.32 Å². The van der Waals surface area contributed by atoms with E-state index in [1.54, 1.807) is 0 Å². The standard InChI is InChI=1S/C23H29NO4/c1-3-16-9-11-18(12-10-16)20-14-21(22(26)24-15-17-7-8-17)28-23(27-4-2)19(20)6-5-13-25/h1,9-12,14,17,19-20,23,25H,4-8,13,15H2,2H3,(H,24,26)/t19-,20+,23+/m0/s1. The van der Waals surface area contributed by atoms with Gasteiger partial charge in [0, 0.05) is 37.2 Å². The van der Waals surface area contributed by atoms with Crippen molar-refractivity contribution >= 4 is 5.91 Å². The van der Waals surface area contributed by atoms with Crippen LogP contribution in [0.15, 0.2) is 36.1 Å². The van der Waals surface area contributed by atoms with Crippen LogP contribution in [0.4, 0.5) is 0 Å². The molecule has 1 amide bonds. The van der Waals surface area contributed by atoms with Crippen molar-refractivity contribution in [2.24, 2.45) is 11.8 Å². The van der Waals surface area contributed by atoms with Crippen molar-refractivity contribution < 1.29 is 19.4 Å². The lowest BCUT2D eigenvalue weighted by atomic mass is 9.80. The predicted molar refractivity (Wildman–Crippen MR) is 107 cm³/mol. The average Bonchev–Trinajstić information content (AvgIpc) is 3.55. The van der Waals surface area contributed by atoms with Gasteiger partial charge in [0.2, 0.25) is 6.29 Å². The molecule has 28 heavy (non-hydrogen) atoms. The molecule has 0 radical (unpaired) electrons. The summed E-state index contributed by atoms with van der Waals surface area (Å²) in [5.74, 6) is 3.30. The van der Waals surface area contributed by atoms with Crippen LogP contribution in [0.2, 0.25) is 0 Å². The van der Waals surface area contributed by atoms with Crippen LogP contribution in [0, 0.1) is 24.2 Å². The minimum Gasteiger partial charge on any atom is -0.459 e. The molecular formula is C23H29NO4. The van der Waals surface area contributed by atoms with Crippen LogP contribution in [-0.4, -0.2) is 37.1 Å². The molecule has 2 N–H and O–H groups in total. The largest absolute Gasteiger partial charge is 0.459 e. The first-order chi connectivity index (χ1) is 13.7. The summed E-state index contributed by atoms with van der Waals surface area (Å²) >= 11 is 0. The molecule has 0 saturated heterocycles. The number of carbonyl (C=O) groups excluding carboxylic acids is 1. The topological polar surface area (TPSA) is 67.8 Å². The third kappa shape index (κ3) is 5.15. The minimum atomic E-state index is -0.527. The van der Waals surface area contributed by atoms with E-state index in [4.69, 9.17) is 15.9 Å². The number of aliphatic hydroxyl groups is 1. The van der Waals surface area contributed by atoms with Gasteiger partial charge in [0.05, 0.1) is 0 Å². The fourth-order valence-electron chi connectivity index (χ4n) is 3.59. The fourth-order valence-corrected chi connectivity index (χ4v) is 3.59. The number of nitrogens with one attached hydrogen (secondary N) is 1. The van der Waals surface area contributed by atoms with Gasteiger partial charge in [-0.1, -0.05) is 18.1 Å². The highest BCUT2D eigenvalue weighted by molar-refractivity contribution is 5.91. The van der Waals surface area contributed by atoms with E-state index >= 15 is 0 Å². The van der Waals surface area contributed by atoms with Gasteiger partial charge in [-0.2, -0.15) is 0 Å². The van der Waals surface area contributed by atoms with Gasteiger partial charge in [0.25, 0.3) is 5.91 Å². The number of amides is 1. The molecule has 3 atom stereocenters. The summed E-state index contributed by atoms with van der Waals surface area (Å²) in [5, 5.41) is 12.3. The molecule has 1 aromatic rings. The summed E-state index contributed by atoms with van der Waals surface area (Å²) < 4.78 is 11.8. The monoisotopic (exact) mass is 383 g/mol. The van der Waals surface area contributed by atoms with Crippen LogP contribution < -0.4 is 5.32 Å². The Labute approximate surface area is 167 Å². The maximum Gasteiger partial charge on any atom is 0.286 e. The average molecular weight is 383 g/mol. The van der Waals surface area contributed by atoms with E-state index in [-0.39, 0.29) is 24.3 Å². The van der Waals surface area contributed by atoms with Crippen LogP contribution in [0.3, 0.4) is 0 Å². The lowest BCUT2D eigenvalue weighted by Crippen LogP contribution is -2.39. The second kappa shape index (κ2) is 9.77. The Hall–Kier alpha value is -2.29. The lowest BCUT2D eigenvalue weighted by molar-refractivity contribution is -0.166. The quantitative estimate of drug-likeness (QED) is 0.644. The molecule has 0 unspecified atom stereocenters. The molecule has 1 saturated carbocycles. The van der Waals surface area contributed by atoms with Crippen molar-refractivity contribution in [3.8, 4) is 12.3 Å². The Balaban J connectivity index is 1.87. The van der Waals surface area contributed by atoms with E-state index in [9.17, 15) is 9.90 Å². The maximum absolute atomic E-state index is 12.7. The summed E-state index contributed by atoms with van der Waals surface area (Å²) in [4.78, 5) is 12.7. The molecule has 2 aliphatic rings. The van der Waals surface area contributed by atoms with Gasteiger partial charge in [-0.3, -0.25) is 4.79 Å². The number of terminal acetylenes is 1. The molecule has 1 aliphatic heterocycles. The molecular weight excluding hydrogens is 354 g/mol. The van der Waals surface area contributed by atoms with E-state index in [0.717, 1.165) is 17.5 Å². The first-order valence-corrected chi connectivity index (χ1v) is 10.1. The van der Waals surface area contributed by atoms with Crippen molar-refractivity contribution in [2.75, 3.05) is 19.8 Å². The van der Waals surface area contributed by atoms with Gasteiger partial charge >= 0.3 is 0 Å². The highest BCUT2D eigenvalue weighted by Crippen LogP contribution is 2.39. The van der Waals surface area contributed by atoms with Gasteiger partial charge in [-0.05, 0) is 62.3 Å². The molecule has 0 spiro atoms. The van der Waals surface area contributed by atoms with Gasteiger partial charge in [-0.15, -0.1) is 6.42 Å². The molecule has 1 heterocycles. The molecule has 1 aromatic carbocycles. The van der Waals surface area contributed by atoms with E-state index in [0.29, 0.717) is 31.2 Å². The summed E-state index contributed by atoms with van der Waals surface area (Å²) in [6, 6.07) is 7.81. The first kappa shape index (κ1) is 20.4. The van der Waals surface area contributed by atoms with E-state index < -0.39 is 6.29 Å². The SMILES string of the molecule is C#Cc1ccc([C@H]2C=C(C(=O)NCC3CC3)O[C@@H](OCC)[C@H]2CCCO)cc1. The summed E-state index contributed by atoms with van der Waals surface area (Å²) in [5.41, 5.74) is 1.87. The molecule has 0 bridgehead atoms. The van der Waals surface area contributed by atoms with E-state index in [2.05, 4.69) is 11.2 Å². The molecule has 5 heteroatoms. The van der Waals surface area contributed by atoms with Crippen molar-refractivity contribution in [3.63, 3.8) is 0 Å². The molecule has 1 aliphatic carbocycles. The summed E-state index contributed by atoms with van der Waals surface area (Å²) in [6.45, 7) is 3.19. The van der Waals surface area contributed by atoms with Gasteiger partial charge < -0.3 is 19.9 Å². The van der Waals surface area contributed by atoms with Crippen molar-refractivity contribution in [1.29, 1.82) is 0 Å². The highest BCUT2D eigenvalue weighted by atomic mass is 16.7. The Morgan fingerprint density at radius 2 is 2.11 bits per heavy atom. The van der Waals surface area contributed by atoms with Crippen LogP contribution >= 0.6 is 0 Å². The smallest absolute Gasteiger partial charge is 0.286 e. The molecule has 5 nitrogen and oxygen atoms in total. The number of ether oxygens (including phenoxy) is 2. The van der Waals surface area contributed by atoms with Crippen LogP contribution in [0.5, 0.6) is 0 Å². The number of benzene rings is 1. The van der Waals surface area contributed by atoms with E-state index in [1.165, 1.54) is 12.8 Å². The predicted octanol–water partition coefficient (Wildman–Crippen LogP) is 2.94. The van der Waals surface area contributed by atoms with Gasteiger partial charge in [0.1, 0.15) is 0 Å². The first-order valence-electron chi connectivity index (χ1n) is 10.1. The second-order valence-corrected chi connectivity index (χ2v) is 7.45. The zero-order chi connectivity index (χ0) is 19.9.